The Morgan fingerprint density at radius 1 is 1.39 bits per heavy atom. The fourth-order valence-corrected chi connectivity index (χ4v) is 3.58. The summed E-state index contributed by atoms with van der Waals surface area (Å²) in [5.41, 5.74) is 0.669. The molecule has 0 saturated carbocycles. The van der Waals surface area contributed by atoms with Gasteiger partial charge in [0.2, 0.25) is 5.91 Å². The van der Waals surface area contributed by atoms with Crippen LogP contribution in [0.4, 0.5) is 5.69 Å². The lowest BCUT2D eigenvalue weighted by atomic mass is 10.3. The van der Waals surface area contributed by atoms with Gasteiger partial charge in [-0.05, 0) is 19.1 Å². The van der Waals surface area contributed by atoms with Crippen molar-refractivity contribution in [3.63, 3.8) is 0 Å². The van der Waals surface area contributed by atoms with Gasteiger partial charge in [0.15, 0.2) is 6.54 Å². The van der Waals surface area contributed by atoms with Crippen LogP contribution < -0.4 is 15.0 Å². The number of esters is 1. The zero-order valence-electron chi connectivity index (χ0n) is 16.3. The van der Waals surface area contributed by atoms with Gasteiger partial charge in [-0.25, -0.2) is 4.79 Å². The predicted molar refractivity (Wildman–Crippen MR) is 107 cm³/mol. The van der Waals surface area contributed by atoms with Gasteiger partial charge in [0.1, 0.15) is 5.75 Å². The van der Waals surface area contributed by atoms with Crippen LogP contribution in [0.1, 0.15) is 6.92 Å². The van der Waals surface area contributed by atoms with Crippen molar-refractivity contribution < 1.29 is 28.8 Å². The molecule has 1 atom stereocenters. The third-order valence-electron chi connectivity index (χ3n) is 4.02. The van der Waals surface area contributed by atoms with E-state index in [9.17, 15) is 14.4 Å². The normalized spacial score (nSPS) is 16.2. The molecule has 1 aromatic carbocycles. The maximum absolute atomic E-state index is 12.2. The fourth-order valence-electron chi connectivity index (χ4n) is 2.62. The molecule has 2 rings (SSSR count). The quantitative estimate of drug-likeness (QED) is 0.446. The van der Waals surface area contributed by atoms with Gasteiger partial charge in [-0.1, -0.05) is 17.8 Å². The number of nitrogens with zero attached hydrogens (tertiary/aromatic N) is 1. The largest absolute Gasteiger partial charge is 0.497 e. The molecule has 0 radical (unpaired) electrons. The number of likely N-dealkylation sites (N-methyl/N-ethyl adjacent to an activating group) is 1. The van der Waals surface area contributed by atoms with Crippen LogP contribution in [-0.2, 0) is 19.1 Å². The van der Waals surface area contributed by atoms with Crippen LogP contribution >= 0.6 is 11.8 Å². The smallest absolute Gasteiger partial charge is 0.333 e. The Morgan fingerprint density at radius 3 is 2.89 bits per heavy atom. The van der Waals surface area contributed by atoms with Crippen LogP contribution in [0.3, 0.4) is 0 Å². The molecule has 8 nitrogen and oxygen atoms in total. The molecular weight excluding hydrogens is 382 g/mol. The Kier molecular flexibility index (Phi) is 8.34. The summed E-state index contributed by atoms with van der Waals surface area (Å²) >= 11 is 1.32. The molecule has 0 aliphatic carbocycles. The van der Waals surface area contributed by atoms with E-state index in [0.29, 0.717) is 35.3 Å². The van der Waals surface area contributed by atoms with Crippen molar-refractivity contribution in [3.05, 3.63) is 35.4 Å². The van der Waals surface area contributed by atoms with Crippen LogP contribution in [0.15, 0.2) is 35.4 Å². The summed E-state index contributed by atoms with van der Waals surface area (Å²) in [4.78, 5) is 38.5. The number of rotatable bonds is 9. The topological polar surface area (TPSA) is 89.4 Å². The molecule has 28 heavy (non-hydrogen) atoms. The second kappa shape index (κ2) is 10.7. The maximum Gasteiger partial charge on any atom is 0.333 e. The third-order valence-corrected chi connectivity index (χ3v) is 5.04. The first-order valence-corrected chi connectivity index (χ1v) is 9.98. The summed E-state index contributed by atoms with van der Waals surface area (Å²) in [5.74, 6) is 0.345. The highest BCUT2D eigenvalue weighted by Crippen LogP contribution is 2.28. The zero-order chi connectivity index (χ0) is 20.5. The lowest BCUT2D eigenvalue weighted by Crippen LogP contribution is -3.10. The average molecular weight is 409 g/mol. The van der Waals surface area contributed by atoms with Gasteiger partial charge < -0.3 is 24.6 Å². The number of benzene rings is 1. The van der Waals surface area contributed by atoms with E-state index < -0.39 is 5.97 Å². The van der Waals surface area contributed by atoms with E-state index >= 15 is 0 Å². The Hall–Kier alpha value is -2.52. The first-order valence-electron chi connectivity index (χ1n) is 8.99. The average Bonchev–Trinajstić information content (AvgIpc) is 2.99. The number of quaternary nitrogens is 1. The number of hydrogen-bond acceptors (Lipinski definition) is 6. The van der Waals surface area contributed by atoms with Crippen molar-refractivity contribution >= 4 is 35.2 Å². The van der Waals surface area contributed by atoms with Crippen LogP contribution in [0, 0.1) is 0 Å². The van der Waals surface area contributed by atoms with Gasteiger partial charge >= 0.3 is 5.97 Å². The highest BCUT2D eigenvalue weighted by Gasteiger charge is 2.28. The molecule has 1 aromatic rings. The standard InChI is InChI=1S/C19H25N3O5S/c1-4-27-19(25)11-18-22(17(24)13-28-18)9-8-21(2)12-16(23)20-14-6-5-7-15(10-14)26-3/h5-7,10-11H,4,8-9,12-13H2,1-3H3,(H,20,23)/p+1/b18-11-. The molecular formula is C19H26N3O5S+. The minimum Gasteiger partial charge on any atom is -0.497 e. The molecule has 152 valence electrons. The molecule has 2 amide bonds. The highest BCUT2D eigenvalue weighted by atomic mass is 32.2. The van der Waals surface area contributed by atoms with Crippen molar-refractivity contribution in [1.82, 2.24) is 4.90 Å². The van der Waals surface area contributed by atoms with E-state index in [0.717, 1.165) is 4.90 Å². The number of ether oxygens (including phenoxy) is 2. The van der Waals surface area contributed by atoms with Crippen molar-refractivity contribution in [2.24, 2.45) is 0 Å². The molecule has 0 aromatic heterocycles. The highest BCUT2D eigenvalue weighted by molar-refractivity contribution is 8.04. The third kappa shape index (κ3) is 6.58. The Balaban J connectivity index is 1.84. The monoisotopic (exact) mass is 408 g/mol. The molecule has 0 bridgehead atoms. The lowest BCUT2D eigenvalue weighted by molar-refractivity contribution is -0.870. The van der Waals surface area contributed by atoms with Crippen molar-refractivity contribution in [1.29, 1.82) is 0 Å². The summed E-state index contributed by atoms with van der Waals surface area (Å²) in [7, 11) is 3.45. The molecule has 2 N–H and O–H groups in total. The number of thioether (sulfide) groups is 1. The minimum absolute atomic E-state index is 0.0471. The summed E-state index contributed by atoms with van der Waals surface area (Å²) in [6, 6.07) is 7.15. The second-order valence-corrected chi connectivity index (χ2v) is 7.23. The van der Waals surface area contributed by atoms with Gasteiger partial charge in [0, 0.05) is 11.8 Å². The number of anilines is 1. The Bertz CT molecular complexity index is 753. The maximum atomic E-state index is 12.2. The Labute approximate surface area is 168 Å². The van der Waals surface area contributed by atoms with E-state index in [1.54, 1.807) is 43.2 Å². The summed E-state index contributed by atoms with van der Waals surface area (Å²) in [5, 5.41) is 3.43. The number of nitrogens with one attached hydrogen (secondary N) is 2. The van der Waals surface area contributed by atoms with Crippen molar-refractivity contribution in [2.75, 3.05) is 51.5 Å². The number of amides is 2. The van der Waals surface area contributed by atoms with Gasteiger partial charge in [-0.2, -0.15) is 0 Å². The second-order valence-electron chi connectivity index (χ2n) is 6.23. The van der Waals surface area contributed by atoms with Crippen LogP contribution in [0.2, 0.25) is 0 Å². The van der Waals surface area contributed by atoms with Gasteiger partial charge in [-0.3, -0.25) is 9.59 Å². The SMILES string of the molecule is CCOC(=O)/C=C1\SCC(=O)N1CC[NH+](C)CC(=O)Nc1cccc(OC)c1. The number of carbonyl (C=O) groups is 3. The van der Waals surface area contributed by atoms with Crippen LogP contribution in [0.5, 0.6) is 5.75 Å². The van der Waals surface area contributed by atoms with E-state index in [4.69, 9.17) is 9.47 Å². The summed E-state index contributed by atoms with van der Waals surface area (Å²) < 4.78 is 10.0. The number of methoxy groups -OCH3 is 1. The lowest BCUT2D eigenvalue weighted by Gasteiger charge is -2.20. The number of carbonyl (C=O) groups excluding carboxylic acids is 3. The van der Waals surface area contributed by atoms with E-state index in [-0.39, 0.29) is 25.0 Å². The van der Waals surface area contributed by atoms with E-state index in [2.05, 4.69) is 5.32 Å². The van der Waals surface area contributed by atoms with Gasteiger partial charge in [0.25, 0.3) is 5.91 Å². The summed E-state index contributed by atoms with van der Waals surface area (Å²) in [6.07, 6.45) is 1.35. The van der Waals surface area contributed by atoms with Crippen molar-refractivity contribution in [3.8, 4) is 5.75 Å². The molecule has 1 unspecified atom stereocenters. The molecule has 1 saturated heterocycles. The Morgan fingerprint density at radius 2 is 2.18 bits per heavy atom. The predicted octanol–water partition coefficient (Wildman–Crippen LogP) is 0.128. The van der Waals surface area contributed by atoms with Crippen molar-refractivity contribution in [2.45, 2.75) is 6.92 Å². The first kappa shape index (κ1) is 21.8. The van der Waals surface area contributed by atoms with E-state index in [1.807, 2.05) is 7.05 Å². The van der Waals surface area contributed by atoms with Crippen LogP contribution in [0.25, 0.3) is 0 Å². The molecule has 1 fully saturated rings. The molecule has 0 spiro atoms. The van der Waals surface area contributed by atoms with Gasteiger partial charge in [0.05, 0.1) is 50.7 Å². The van der Waals surface area contributed by atoms with E-state index in [1.165, 1.54) is 17.8 Å². The molecule has 1 heterocycles. The molecule has 1 aliphatic rings. The molecule has 1 aliphatic heterocycles. The zero-order valence-corrected chi connectivity index (χ0v) is 17.1. The van der Waals surface area contributed by atoms with Gasteiger partial charge in [-0.15, -0.1) is 0 Å². The first-order chi connectivity index (χ1) is 13.4. The minimum atomic E-state index is -0.455. The molecule has 9 heteroatoms. The fraction of sp³-hybridized carbons (Fsp3) is 0.421. The summed E-state index contributed by atoms with van der Waals surface area (Å²) in [6.45, 7) is 3.27. The van der Waals surface area contributed by atoms with Crippen LogP contribution in [-0.4, -0.2) is 68.8 Å². The number of hydrogen-bond donors (Lipinski definition) is 2.